The van der Waals surface area contributed by atoms with Crippen molar-refractivity contribution in [2.24, 2.45) is 0 Å². The summed E-state index contributed by atoms with van der Waals surface area (Å²) in [7, 11) is 0. The first-order valence-corrected chi connectivity index (χ1v) is 4.21. The van der Waals surface area contributed by atoms with Crippen LogP contribution in [0, 0.1) is 0 Å². The van der Waals surface area contributed by atoms with Crippen LogP contribution in [0.2, 0.25) is 0 Å². The zero-order valence-corrected chi connectivity index (χ0v) is 6.45. The minimum atomic E-state index is 0.823. The van der Waals surface area contributed by atoms with Crippen LogP contribution < -0.4 is 0 Å². The summed E-state index contributed by atoms with van der Waals surface area (Å²) in [5.74, 6) is 0.823. The Balaban J connectivity index is 1.87. The maximum Gasteiger partial charge on any atom is 0.0223 e. The van der Waals surface area contributed by atoms with Crippen LogP contribution in [0.5, 0.6) is 0 Å². The van der Waals surface area contributed by atoms with Crippen molar-refractivity contribution in [1.29, 1.82) is 0 Å². The molecular formula is C8H13Cl. The van der Waals surface area contributed by atoms with Crippen molar-refractivity contribution in [3.05, 3.63) is 11.6 Å². The number of alkyl halides is 1. The molecule has 0 saturated heterocycles. The summed E-state index contributed by atoms with van der Waals surface area (Å²) in [4.78, 5) is 0. The van der Waals surface area contributed by atoms with Gasteiger partial charge < -0.3 is 0 Å². The highest BCUT2D eigenvalue weighted by molar-refractivity contribution is 6.17. The van der Waals surface area contributed by atoms with Crippen molar-refractivity contribution >= 4 is 11.6 Å². The van der Waals surface area contributed by atoms with E-state index in [1.165, 1.54) is 32.1 Å². The molecule has 1 rings (SSSR count). The van der Waals surface area contributed by atoms with E-state index in [0.29, 0.717) is 0 Å². The van der Waals surface area contributed by atoms with Crippen molar-refractivity contribution in [2.45, 2.75) is 32.1 Å². The lowest BCUT2D eigenvalue weighted by molar-refractivity contribution is 0.818. The van der Waals surface area contributed by atoms with Gasteiger partial charge in [-0.05, 0) is 32.1 Å². The largest absolute Gasteiger partial charge is 0.127 e. The monoisotopic (exact) mass is 144 g/mol. The number of halogens is 1. The molecule has 0 aromatic carbocycles. The van der Waals surface area contributed by atoms with E-state index in [4.69, 9.17) is 11.6 Å². The number of unbranched alkanes of at least 4 members (excludes halogenated alkanes) is 2. The summed E-state index contributed by atoms with van der Waals surface area (Å²) in [6, 6.07) is 0. The molecule has 0 aliphatic heterocycles. The van der Waals surface area contributed by atoms with Gasteiger partial charge in [-0.3, -0.25) is 0 Å². The molecule has 1 aliphatic rings. The molecule has 0 aromatic heterocycles. The molecule has 0 amide bonds. The van der Waals surface area contributed by atoms with Crippen LogP contribution in [-0.2, 0) is 0 Å². The van der Waals surface area contributed by atoms with Crippen LogP contribution >= 0.6 is 11.6 Å². The summed E-state index contributed by atoms with van der Waals surface area (Å²) in [5.41, 5.74) is 1.66. The first-order chi connectivity index (χ1) is 4.43. The van der Waals surface area contributed by atoms with Gasteiger partial charge in [0.25, 0.3) is 0 Å². The van der Waals surface area contributed by atoms with E-state index in [1.54, 1.807) is 5.57 Å². The molecule has 0 spiro atoms. The highest BCUT2D eigenvalue weighted by atomic mass is 35.5. The second kappa shape index (κ2) is 3.94. The minimum Gasteiger partial charge on any atom is -0.127 e. The van der Waals surface area contributed by atoms with Gasteiger partial charge in [0.2, 0.25) is 0 Å². The zero-order valence-electron chi connectivity index (χ0n) is 5.70. The second-order valence-electron chi connectivity index (χ2n) is 2.55. The lowest BCUT2D eigenvalue weighted by Crippen LogP contribution is -1.73. The Kier molecular flexibility index (Phi) is 3.13. The first kappa shape index (κ1) is 7.14. The fourth-order valence-corrected chi connectivity index (χ4v) is 1.01. The average molecular weight is 145 g/mol. The van der Waals surface area contributed by atoms with Crippen molar-refractivity contribution in [3.63, 3.8) is 0 Å². The SMILES string of the molecule is ClCCCCC=C1CC1. The van der Waals surface area contributed by atoms with E-state index in [0.717, 1.165) is 5.88 Å². The van der Waals surface area contributed by atoms with Gasteiger partial charge in [0.15, 0.2) is 0 Å². The third kappa shape index (κ3) is 3.58. The predicted molar refractivity (Wildman–Crippen MR) is 41.9 cm³/mol. The number of allylic oxidation sites excluding steroid dienone is 2. The summed E-state index contributed by atoms with van der Waals surface area (Å²) in [5, 5.41) is 0. The lowest BCUT2D eigenvalue weighted by Gasteiger charge is -1.88. The van der Waals surface area contributed by atoms with Crippen molar-refractivity contribution in [3.8, 4) is 0 Å². The normalized spacial score (nSPS) is 15.9. The molecule has 1 aliphatic carbocycles. The number of rotatable bonds is 4. The Bertz CT molecular complexity index is 99.1. The van der Waals surface area contributed by atoms with E-state index in [1.807, 2.05) is 0 Å². The van der Waals surface area contributed by atoms with Gasteiger partial charge in [-0.2, -0.15) is 0 Å². The molecule has 1 saturated carbocycles. The Morgan fingerprint density at radius 3 is 2.67 bits per heavy atom. The maximum absolute atomic E-state index is 5.51. The Morgan fingerprint density at radius 2 is 2.11 bits per heavy atom. The van der Waals surface area contributed by atoms with E-state index < -0.39 is 0 Å². The summed E-state index contributed by atoms with van der Waals surface area (Å²) in [6.45, 7) is 0. The molecule has 0 nitrogen and oxygen atoms in total. The molecule has 0 heterocycles. The average Bonchev–Trinajstić information content (AvgIpc) is 2.63. The Morgan fingerprint density at radius 1 is 1.33 bits per heavy atom. The highest BCUT2D eigenvalue weighted by Gasteiger charge is 2.08. The van der Waals surface area contributed by atoms with Crippen LogP contribution in [0.3, 0.4) is 0 Å². The van der Waals surface area contributed by atoms with Crippen LogP contribution in [-0.4, -0.2) is 5.88 Å². The standard InChI is InChI=1S/C8H13Cl/c9-7-3-1-2-4-8-5-6-8/h4H,1-3,5-7H2. The number of hydrogen-bond donors (Lipinski definition) is 0. The third-order valence-electron chi connectivity index (χ3n) is 1.56. The molecule has 1 fully saturated rings. The fraction of sp³-hybridized carbons (Fsp3) is 0.750. The maximum atomic E-state index is 5.51. The van der Waals surface area contributed by atoms with E-state index in [2.05, 4.69) is 6.08 Å². The van der Waals surface area contributed by atoms with E-state index >= 15 is 0 Å². The zero-order chi connectivity index (χ0) is 6.53. The van der Waals surface area contributed by atoms with Crippen molar-refractivity contribution in [2.75, 3.05) is 5.88 Å². The van der Waals surface area contributed by atoms with Crippen molar-refractivity contribution < 1.29 is 0 Å². The van der Waals surface area contributed by atoms with Crippen LogP contribution in [0.15, 0.2) is 11.6 Å². The van der Waals surface area contributed by atoms with Crippen LogP contribution in [0.1, 0.15) is 32.1 Å². The second-order valence-corrected chi connectivity index (χ2v) is 2.93. The summed E-state index contributed by atoms with van der Waals surface area (Å²) >= 11 is 5.51. The summed E-state index contributed by atoms with van der Waals surface area (Å²) < 4.78 is 0. The molecule has 52 valence electrons. The molecule has 0 radical (unpaired) electrons. The van der Waals surface area contributed by atoms with Gasteiger partial charge in [-0.25, -0.2) is 0 Å². The molecule has 0 bridgehead atoms. The topological polar surface area (TPSA) is 0 Å². The highest BCUT2D eigenvalue weighted by Crippen LogP contribution is 2.28. The van der Waals surface area contributed by atoms with E-state index in [9.17, 15) is 0 Å². The molecule has 1 heteroatoms. The molecule has 0 unspecified atom stereocenters. The number of hydrogen-bond acceptors (Lipinski definition) is 0. The van der Waals surface area contributed by atoms with E-state index in [-0.39, 0.29) is 0 Å². The molecular weight excluding hydrogens is 132 g/mol. The minimum absolute atomic E-state index is 0.823. The third-order valence-corrected chi connectivity index (χ3v) is 1.83. The lowest BCUT2D eigenvalue weighted by atomic mass is 10.2. The van der Waals surface area contributed by atoms with Crippen LogP contribution in [0.25, 0.3) is 0 Å². The first-order valence-electron chi connectivity index (χ1n) is 3.67. The quantitative estimate of drug-likeness (QED) is 0.323. The van der Waals surface area contributed by atoms with Gasteiger partial charge in [-0.1, -0.05) is 11.6 Å². The molecule has 0 aromatic rings. The molecule has 0 atom stereocenters. The van der Waals surface area contributed by atoms with Gasteiger partial charge in [0.05, 0.1) is 0 Å². The fourth-order valence-electron chi connectivity index (χ4n) is 0.821. The molecule has 9 heavy (non-hydrogen) atoms. The van der Waals surface area contributed by atoms with Gasteiger partial charge in [0, 0.05) is 5.88 Å². The predicted octanol–water partition coefficient (Wildman–Crippen LogP) is 3.12. The summed E-state index contributed by atoms with van der Waals surface area (Å²) in [6.07, 6.45) is 8.79. The Labute approximate surface area is 61.9 Å². The van der Waals surface area contributed by atoms with Crippen LogP contribution in [0.4, 0.5) is 0 Å². The van der Waals surface area contributed by atoms with Gasteiger partial charge >= 0.3 is 0 Å². The smallest absolute Gasteiger partial charge is 0.0223 e. The van der Waals surface area contributed by atoms with Gasteiger partial charge in [-0.15, -0.1) is 11.6 Å². The molecule has 0 N–H and O–H groups in total. The Hall–Kier alpha value is 0.0300. The van der Waals surface area contributed by atoms with Crippen molar-refractivity contribution in [1.82, 2.24) is 0 Å². The van der Waals surface area contributed by atoms with Gasteiger partial charge in [0.1, 0.15) is 0 Å².